The fraction of sp³-hybridized carbons (Fsp3) is 0.769. The van der Waals surface area contributed by atoms with Gasteiger partial charge in [-0.15, -0.1) is 0 Å². The molecule has 1 heterocycles. The molecule has 23 heavy (non-hydrogen) atoms. The number of hydrogen-bond acceptors (Lipinski definition) is 7. The summed E-state index contributed by atoms with van der Waals surface area (Å²) in [5.74, 6) is 0.282. The Kier molecular flexibility index (Phi) is 9.26. The van der Waals surface area contributed by atoms with Crippen LogP contribution in [0.3, 0.4) is 0 Å². The topological polar surface area (TPSA) is 78.4 Å². The van der Waals surface area contributed by atoms with Gasteiger partial charge in [0.1, 0.15) is 0 Å². The zero-order valence-corrected chi connectivity index (χ0v) is 16.4. The monoisotopic (exact) mass is 382 g/mol. The molecule has 0 aliphatic rings. The molecule has 0 aliphatic heterocycles. The van der Waals surface area contributed by atoms with Gasteiger partial charge in [-0.2, -0.15) is 15.0 Å². The highest BCUT2D eigenvalue weighted by Gasteiger charge is 2.49. The van der Waals surface area contributed by atoms with Gasteiger partial charge in [0.25, 0.3) is 0 Å². The maximum Gasteiger partial charge on any atom is 0.524 e. The number of aromatic nitrogens is 3. The van der Waals surface area contributed by atoms with E-state index in [0.29, 0.717) is 19.8 Å². The van der Waals surface area contributed by atoms with E-state index in [9.17, 15) is 0 Å². The molecule has 132 valence electrons. The van der Waals surface area contributed by atoms with Crippen LogP contribution in [0, 0.1) is 0 Å². The quantitative estimate of drug-likeness (QED) is 0.587. The third-order valence-corrected chi connectivity index (χ3v) is 6.62. The standard InChI is InChI=1S/C13H24Cl2N4O3Si/c1-5-9-10(16-13-18-11(14)17-12(15)19-13)23(20-6-2,21-7-3)22-8-4/h10H,5-9H2,1-4H3,(H,16,17,18,19). The molecule has 1 aromatic heterocycles. The van der Waals surface area contributed by atoms with Crippen molar-refractivity contribution in [1.82, 2.24) is 15.0 Å². The summed E-state index contributed by atoms with van der Waals surface area (Å²) in [6, 6.07) is 0. The van der Waals surface area contributed by atoms with Crippen LogP contribution in [-0.4, -0.2) is 49.2 Å². The van der Waals surface area contributed by atoms with E-state index >= 15 is 0 Å². The lowest BCUT2D eigenvalue weighted by Crippen LogP contribution is -2.59. The lowest BCUT2D eigenvalue weighted by Gasteiger charge is -2.35. The lowest BCUT2D eigenvalue weighted by atomic mass is 10.3. The smallest absolute Gasteiger partial charge is 0.373 e. The van der Waals surface area contributed by atoms with Gasteiger partial charge in [-0.3, -0.25) is 0 Å². The molecule has 1 rings (SSSR count). The van der Waals surface area contributed by atoms with E-state index < -0.39 is 8.80 Å². The first kappa shape index (κ1) is 20.5. The van der Waals surface area contributed by atoms with E-state index in [0.717, 1.165) is 12.8 Å². The van der Waals surface area contributed by atoms with Crippen molar-refractivity contribution in [3.8, 4) is 0 Å². The van der Waals surface area contributed by atoms with Gasteiger partial charge >= 0.3 is 8.80 Å². The number of rotatable bonds is 11. The van der Waals surface area contributed by atoms with Gasteiger partial charge in [-0.05, 0) is 50.4 Å². The van der Waals surface area contributed by atoms with Gasteiger partial charge < -0.3 is 18.6 Å². The molecule has 0 saturated heterocycles. The van der Waals surface area contributed by atoms with E-state index in [1.54, 1.807) is 0 Å². The first-order valence-electron chi connectivity index (χ1n) is 7.76. The van der Waals surface area contributed by atoms with Gasteiger partial charge in [0.05, 0.1) is 5.67 Å². The lowest BCUT2D eigenvalue weighted by molar-refractivity contribution is 0.0633. The Morgan fingerprint density at radius 1 is 0.913 bits per heavy atom. The Hall–Kier alpha value is -0.513. The molecule has 0 saturated carbocycles. The largest absolute Gasteiger partial charge is 0.524 e. The van der Waals surface area contributed by atoms with Crippen molar-refractivity contribution in [2.24, 2.45) is 0 Å². The summed E-state index contributed by atoms with van der Waals surface area (Å²) in [4.78, 5) is 11.9. The molecule has 0 amide bonds. The van der Waals surface area contributed by atoms with Crippen LogP contribution in [0.15, 0.2) is 0 Å². The maximum atomic E-state index is 5.95. The Morgan fingerprint density at radius 3 is 1.78 bits per heavy atom. The Balaban J connectivity index is 3.11. The molecule has 1 atom stereocenters. The minimum atomic E-state index is -2.96. The molecular formula is C13H24Cl2N4O3Si. The van der Waals surface area contributed by atoms with Gasteiger partial charge in [0, 0.05) is 19.8 Å². The first-order valence-corrected chi connectivity index (χ1v) is 10.3. The van der Waals surface area contributed by atoms with Gasteiger partial charge in [-0.25, -0.2) is 0 Å². The van der Waals surface area contributed by atoms with Crippen LogP contribution in [0.25, 0.3) is 0 Å². The van der Waals surface area contributed by atoms with Crippen molar-refractivity contribution in [3.63, 3.8) is 0 Å². The molecule has 1 aromatic rings. The SMILES string of the molecule is CCCC(Nc1nc(Cl)nc(Cl)n1)[Si](OCC)(OCC)OCC. The summed E-state index contributed by atoms with van der Waals surface area (Å²) in [7, 11) is -2.96. The summed E-state index contributed by atoms with van der Waals surface area (Å²) in [6.45, 7) is 9.30. The van der Waals surface area contributed by atoms with Crippen LogP contribution in [-0.2, 0) is 13.3 Å². The van der Waals surface area contributed by atoms with E-state index in [-0.39, 0.29) is 22.2 Å². The predicted molar refractivity (Wildman–Crippen MR) is 92.8 cm³/mol. The molecule has 10 heteroatoms. The molecule has 0 aromatic carbocycles. The van der Waals surface area contributed by atoms with Crippen LogP contribution < -0.4 is 5.32 Å². The van der Waals surface area contributed by atoms with E-state index in [4.69, 9.17) is 36.5 Å². The van der Waals surface area contributed by atoms with Crippen molar-refractivity contribution in [3.05, 3.63) is 10.6 Å². The van der Waals surface area contributed by atoms with Crippen molar-refractivity contribution in [2.45, 2.75) is 46.2 Å². The second kappa shape index (κ2) is 10.4. The van der Waals surface area contributed by atoms with Gasteiger partial charge in [0.15, 0.2) is 0 Å². The highest BCUT2D eigenvalue weighted by Crippen LogP contribution is 2.22. The van der Waals surface area contributed by atoms with Crippen LogP contribution in [0.1, 0.15) is 40.5 Å². The molecule has 0 radical (unpaired) electrons. The number of nitrogens with one attached hydrogen (secondary N) is 1. The second-order valence-electron chi connectivity index (χ2n) is 4.59. The van der Waals surface area contributed by atoms with Crippen LogP contribution >= 0.6 is 23.2 Å². The van der Waals surface area contributed by atoms with Crippen LogP contribution in [0.5, 0.6) is 0 Å². The van der Waals surface area contributed by atoms with Gasteiger partial charge in [0.2, 0.25) is 16.5 Å². The molecule has 1 unspecified atom stereocenters. The third kappa shape index (κ3) is 6.13. The third-order valence-electron chi connectivity index (χ3n) is 2.92. The molecule has 7 nitrogen and oxygen atoms in total. The Bertz CT molecular complexity index is 447. The second-order valence-corrected chi connectivity index (χ2v) is 8.03. The fourth-order valence-corrected chi connectivity index (χ4v) is 5.57. The summed E-state index contributed by atoms with van der Waals surface area (Å²) < 4.78 is 17.9. The number of halogens is 2. The van der Waals surface area contributed by atoms with E-state index in [1.165, 1.54) is 0 Å². The summed E-state index contributed by atoms with van der Waals surface area (Å²) in [5, 5.41) is 3.27. The molecule has 0 bridgehead atoms. The normalized spacial score (nSPS) is 13.1. The number of anilines is 1. The van der Waals surface area contributed by atoms with Gasteiger partial charge in [-0.1, -0.05) is 13.3 Å². The predicted octanol–water partition coefficient (Wildman–Crippen LogP) is 3.35. The van der Waals surface area contributed by atoms with Crippen LogP contribution in [0.4, 0.5) is 5.95 Å². The van der Waals surface area contributed by atoms with Crippen LogP contribution in [0.2, 0.25) is 10.6 Å². The number of nitrogens with zero attached hydrogens (tertiary/aromatic N) is 3. The van der Waals surface area contributed by atoms with Crippen molar-refractivity contribution in [2.75, 3.05) is 25.1 Å². The zero-order valence-electron chi connectivity index (χ0n) is 13.9. The highest BCUT2D eigenvalue weighted by atomic mass is 35.5. The number of hydrogen-bond donors (Lipinski definition) is 1. The molecule has 0 fully saturated rings. The van der Waals surface area contributed by atoms with Crippen molar-refractivity contribution >= 4 is 38.0 Å². The molecule has 0 spiro atoms. The highest BCUT2D eigenvalue weighted by molar-refractivity contribution is 6.63. The van der Waals surface area contributed by atoms with Crippen molar-refractivity contribution in [1.29, 1.82) is 0 Å². The molecule has 0 aliphatic carbocycles. The van der Waals surface area contributed by atoms with E-state index in [1.807, 2.05) is 20.8 Å². The van der Waals surface area contributed by atoms with Crippen molar-refractivity contribution < 1.29 is 13.3 Å². The first-order chi connectivity index (χ1) is 11.0. The average Bonchev–Trinajstić information content (AvgIpc) is 2.46. The molecular weight excluding hydrogens is 359 g/mol. The minimum absolute atomic E-state index is 0.0271. The minimum Gasteiger partial charge on any atom is -0.373 e. The fourth-order valence-electron chi connectivity index (χ4n) is 2.20. The average molecular weight is 383 g/mol. The molecule has 1 N–H and O–H groups in total. The Morgan fingerprint density at radius 2 is 1.39 bits per heavy atom. The summed E-state index contributed by atoms with van der Waals surface area (Å²) in [6.07, 6.45) is 1.68. The summed E-state index contributed by atoms with van der Waals surface area (Å²) in [5.41, 5.74) is -0.207. The van der Waals surface area contributed by atoms with E-state index in [2.05, 4.69) is 27.2 Å². The summed E-state index contributed by atoms with van der Waals surface area (Å²) >= 11 is 11.7. The zero-order chi connectivity index (χ0) is 17.3. The maximum absolute atomic E-state index is 5.95. The Labute approximate surface area is 148 Å².